The summed E-state index contributed by atoms with van der Waals surface area (Å²) in [4.78, 5) is 20.8. The second kappa shape index (κ2) is 38.7. The molecule has 0 saturated heterocycles. The molecule has 0 fully saturated rings. The lowest BCUT2D eigenvalue weighted by molar-refractivity contribution is 0.424. The third-order valence-corrected chi connectivity index (χ3v) is 28.7. The van der Waals surface area contributed by atoms with E-state index >= 15 is 0 Å². The summed E-state index contributed by atoms with van der Waals surface area (Å²) in [7, 11) is -14.6. The Morgan fingerprint density at radius 3 is 1.16 bits per heavy atom. The van der Waals surface area contributed by atoms with Crippen LogP contribution in [0.1, 0.15) is 16.7 Å². The average molecular weight is 1980 g/mol. The Bertz CT molecular complexity index is 7230. The predicted molar refractivity (Wildman–Crippen MR) is 493 cm³/mol. The van der Waals surface area contributed by atoms with Crippen molar-refractivity contribution in [2.24, 2.45) is 0 Å². The first kappa shape index (κ1) is 90.1. The maximum atomic E-state index is 14.3. The minimum atomic E-state index is -3.96. The van der Waals surface area contributed by atoms with Gasteiger partial charge in [0.15, 0.2) is 16.9 Å². The third-order valence-electron chi connectivity index (χ3n) is 18.6. The van der Waals surface area contributed by atoms with Gasteiger partial charge in [0.25, 0.3) is 30.1 Å². The van der Waals surface area contributed by atoms with Gasteiger partial charge in [-0.15, -0.1) is 0 Å². The van der Waals surface area contributed by atoms with Crippen molar-refractivity contribution in [3.05, 3.63) is 344 Å². The van der Waals surface area contributed by atoms with E-state index in [0.29, 0.717) is 60.1 Å². The van der Waals surface area contributed by atoms with Gasteiger partial charge < -0.3 is 25.1 Å². The molecule has 11 aromatic heterocycles. The van der Waals surface area contributed by atoms with Gasteiger partial charge >= 0.3 is 14.2 Å². The fourth-order valence-corrected chi connectivity index (χ4v) is 21.0. The number of rotatable bonds is 13. The lowest BCUT2D eigenvalue weighted by atomic mass is 9.80. The third kappa shape index (κ3) is 19.2. The van der Waals surface area contributed by atoms with E-state index in [9.17, 15) is 42.8 Å². The van der Waals surface area contributed by atoms with Crippen LogP contribution in [0.4, 0.5) is 17.6 Å². The van der Waals surface area contributed by atoms with Gasteiger partial charge in [-0.05, 0) is 200 Å². The van der Waals surface area contributed by atoms with Crippen LogP contribution in [-0.4, -0.2) is 96.4 Å². The van der Waals surface area contributed by atoms with Crippen LogP contribution < -0.4 is 10.9 Å². The Kier molecular flexibility index (Phi) is 28.6. The Morgan fingerprint density at radius 1 is 0.377 bits per heavy atom. The first-order valence-electron chi connectivity index (χ1n) is 35.7. The number of aryl methyl sites for hydroxylation is 3. The Balaban J connectivity index is 0.000000132. The molecule has 0 atom stereocenters. The van der Waals surface area contributed by atoms with Crippen LogP contribution >= 0.6 is 126 Å². The number of hydrogen-bond acceptors (Lipinski definition) is 17. The van der Waals surface area contributed by atoms with E-state index < -0.39 is 67.6 Å². The molecule has 0 radical (unpaired) electrons. The molecule has 0 aliphatic heterocycles. The van der Waals surface area contributed by atoms with Gasteiger partial charge in [0.2, 0.25) is 0 Å². The van der Waals surface area contributed by atoms with Gasteiger partial charge in [-0.1, -0.05) is 177 Å². The first-order valence-corrected chi connectivity index (χ1v) is 46.2. The molecule has 0 bridgehead atoms. The monoisotopic (exact) mass is 1980 g/mol. The number of hydrogen-bond donors (Lipinski definition) is 5. The SMILES string of the molecule is Cc1ccc(S(=O)(=O)n2cc(-c3cccc(F)c3Cl)c3c(-c4ccsc4)ccnc32)cc1.Cc1ccc(S(=O)(=O)n2cc(-c3cccc(F)c3Cl)c3c(Cl)ccnc32)cc1.Cc1ccc(S(=O)(=O)n2cc(I)c3c(Cl)ccnc32)cc1.Fc1cccc(-c2c[nH]c3nccc(-c4ccsc4)c23)c1Cl.OB(O)c1cccc(F)c1Cl.OB(O)c1ccsc1. The summed E-state index contributed by atoms with van der Waals surface area (Å²) >= 11 is 43.2. The van der Waals surface area contributed by atoms with E-state index in [4.69, 9.17) is 89.7 Å². The zero-order valence-electron chi connectivity index (χ0n) is 63.1. The lowest BCUT2D eigenvalue weighted by Gasteiger charge is -2.08. The molecular weight excluding hydrogens is 1920 g/mol. The highest BCUT2D eigenvalue weighted by molar-refractivity contribution is 14.1. The molecule has 18 rings (SSSR count). The predicted octanol–water partition coefficient (Wildman–Crippen LogP) is 21.6. The number of aromatic nitrogens is 8. The molecule has 0 amide bonds. The fraction of sp³-hybridized carbons (Fsp3) is 0.0353. The number of H-pyrrole nitrogens is 1. The summed E-state index contributed by atoms with van der Waals surface area (Å²) in [5.74, 6) is -2.26. The van der Waals surface area contributed by atoms with Crippen molar-refractivity contribution in [3.63, 3.8) is 0 Å². The number of pyridine rings is 4. The molecule has 18 nitrogen and oxygen atoms in total. The van der Waals surface area contributed by atoms with E-state index in [-0.39, 0.29) is 56.6 Å². The van der Waals surface area contributed by atoms with Crippen LogP contribution in [-0.2, 0) is 30.1 Å². The maximum Gasteiger partial charge on any atom is 0.490 e. The second-order valence-electron chi connectivity index (χ2n) is 26.5. The van der Waals surface area contributed by atoms with Crippen LogP contribution in [0.2, 0.25) is 30.1 Å². The fourth-order valence-electron chi connectivity index (χ4n) is 12.6. The van der Waals surface area contributed by atoms with Crippen molar-refractivity contribution in [2.75, 3.05) is 0 Å². The summed E-state index contributed by atoms with van der Waals surface area (Å²) in [5.41, 5.74) is 12.0. The first-order chi connectivity index (χ1) is 58.3. The summed E-state index contributed by atoms with van der Waals surface area (Å²) in [5, 5.41) is 48.8. The maximum absolute atomic E-state index is 14.3. The van der Waals surface area contributed by atoms with E-state index in [0.717, 1.165) is 73.1 Å². The largest absolute Gasteiger partial charge is 0.490 e. The number of nitrogens with one attached hydrogen (secondary N) is 1. The van der Waals surface area contributed by atoms with Gasteiger partial charge in [0.05, 0.1) is 50.2 Å². The van der Waals surface area contributed by atoms with Gasteiger partial charge in [0, 0.05) is 108 Å². The highest BCUT2D eigenvalue weighted by Gasteiger charge is 2.30. The van der Waals surface area contributed by atoms with Crippen molar-refractivity contribution in [3.8, 4) is 55.6 Å². The number of aromatic amines is 1. The molecule has 11 heterocycles. The van der Waals surface area contributed by atoms with Crippen LogP contribution in [0, 0.1) is 47.6 Å². The molecule has 0 aliphatic carbocycles. The normalized spacial score (nSPS) is 11.4. The lowest BCUT2D eigenvalue weighted by Crippen LogP contribution is -2.31. The summed E-state index contributed by atoms with van der Waals surface area (Å²) in [6.45, 7) is 5.67. The number of nitrogens with zero attached hydrogens (tertiary/aromatic N) is 7. The molecule has 18 aromatic rings. The minimum Gasteiger partial charge on any atom is -0.423 e. The number of halogens is 11. The Morgan fingerprint density at radius 2 is 0.746 bits per heavy atom. The highest BCUT2D eigenvalue weighted by atomic mass is 127. The Labute approximate surface area is 752 Å². The van der Waals surface area contributed by atoms with Crippen LogP contribution in [0.25, 0.3) is 99.8 Å². The van der Waals surface area contributed by atoms with Gasteiger partial charge in [-0.25, -0.2) is 74.7 Å². The van der Waals surface area contributed by atoms with E-state index in [1.165, 1.54) is 100.0 Å². The van der Waals surface area contributed by atoms with Crippen LogP contribution in [0.3, 0.4) is 0 Å². The topological polar surface area (TPSA) is 265 Å². The average Bonchev–Trinajstić information content (AvgIpc) is 1.59. The Hall–Kier alpha value is -9.59. The highest BCUT2D eigenvalue weighted by Crippen LogP contribution is 2.45. The van der Waals surface area contributed by atoms with E-state index in [1.807, 2.05) is 67.4 Å². The second-order valence-corrected chi connectivity index (χ2v) is 37.8. The van der Waals surface area contributed by atoms with E-state index in [2.05, 4.69) is 59.0 Å². The molecule has 618 valence electrons. The molecule has 0 aliphatic rings. The molecule has 5 N–H and O–H groups in total. The molecular formula is C85H59B2Cl6F4IN8O10S6. The number of fused-ring (bicyclic) bond motifs is 4. The van der Waals surface area contributed by atoms with Crippen molar-refractivity contribution in [2.45, 2.75) is 35.5 Å². The number of benzene rings is 7. The smallest absolute Gasteiger partial charge is 0.423 e. The van der Waals surface area contributed by atoms with Gasteiger partial charge in [-0.3, -0.25) is 0 Å². The van der Waals surface area contributed by atoms with Crippen molar-refractivity contribution in [1.29, 1.82) is 0 Å². The molecule has 122 heavy (non-hydrogen) atoms. The van der Waals surface area contributed by atoms with Crippen LogP contribution in [0.5, 0.6) is 0 Å². The van der Waals surface area contributed by atoms with E-state index in [1.54, 1.807) is 144 Å². The molecule has 0 unspecified atom stereocenters. The van der Waals surface area contributed by atoms with Crippen molar-refractivity contribution in [1.82, 2.24) is 36.8 Å². The van der Waals surface area contributed by atoms with Crippen LogP contribution in [0.15, 0.2) is 285 Å². The quantitative estimate of drug-likeness (QED) is 0.0408. The molecule has 7 aromatic carbocycles. The summed E-state index contributed by atoms with van der Waals surface area (Å²) in [6, 6.07) is 50.0. The van der Waals surface area contributed by atoms with Crippen molar-refractivity contribution < 1.29 is 62.9 Å². The molecule has 0 spiro atoms. The molecule has 37 heteroatoms. The zero-order valence-corrected chi connectivity index (χ0v) is 74.7. The standard InChI is InChI=1S/C24H16ClFN2O2S2.C20H13Cl2FN2O2S.C17H10ClFN2S.C14H10ClIN2O2S.C6H5BClFO2.C4H5BO2S/c1-15-5-7-17(8-6-15)32(29,30)28-13-20(19-3-2-4-21(26)23(19)25)22-18(9-11-27-24(22)28)16-10-12-31-14-16;1-12-5-7-13(8-6-12)28(26,27)25-11-15(14-3-2-4-17(23)19(14)22)18-16(21)9-10-24-20(18)25;18-16-12(2-1-3-14(16)19)13-8-21-17-15(13)11(4-6-20-17)10-5-7-22-9-10;1-9-2-4-10(5-3-9)21(19,20)18-8-12(16)13-11(15)6-7-17-14(13)18;8-6-4(7(10)11)2-1-3-5(6)9;6-5(7)4-1-2-8-3-4/h2-14H,1H3;2-11H,1H3;1-9H,(H,20,21);2-8H,1H3;1-3,10-11H;1-3,6-7H. The number of thiophene rings is 3. The molecule has 0 saturated carbocycles. The van der Waals surface area contributed by atoms with Gasteiger partial charge in [0.1, 0.15) is 28.9 Å². The van der Waals surface area contributed by atoms with Crippen molar-refractivity contribution >= 4 is 226 Å². The minimum absolute atomic E-state index is 0.0216. The zero-order chi connectivity index (χ0) is 87.2. The summed E-state index contributed by atoms with van der Waals surface area (Å²) < 4.78 is 138. The van der Waals surface area contributed by atoms with Gasteiger partial charge in [-0.2, -0.15) is 34.0 Å². The summed E-state index contributed by atoms with van der Waals surface area (Å²) in [6.07, 6.45) is 12.5.